The van der Waals surface area contributed by atoms with Crippen LogP contribution in [0.15, 0.2) is 12.1 Å². The fraction of sp³-hybridized carbons (Fsp3) is 0.588. The maximum Gasteiger partial charge on any atom is 0.410 e. The monoisotopic (exact) mass is 323 g/mol. The van der Waals surface area contributed by atoms with E-state index in [1.807, 2.05) is 20.8 Å². The normalized spacial score (nSPS) is 16.2. The predicted octanol–water partition coefficient (Wildman–Crippen LogP) is 3.16. The molecule has 1 aromatic rings. The zero-order valence-corrected chi connectivity index (χ0v) is 14.4. The fourth-order valence-corrected chi connectivity index (χ4v) is 2.62. The quantitative estimate of drug-likeness (QED) is 0.807. The molecule has 5 nitrogen and oxygen atoms in total. The molecule has 1 aromatic carbocycles. The number of anilines is 2. The largest absolute Gasteiger partial charge is 0.444 e. The Morgan fingerprint density at radius 1 is 1.22 bits per heavy atom. The predicted molar refractivity (Wildman–Crippen MR) is 90.2 cm³/mol. The van der Waals surface area contributed by atoms with E-state index in [-0.39, 0.29) is 11.9 Å². The Kier molecular flexibility index (Phi) is 5.02. The minimum absolute atomic E-state index is 0.289. The van der Waals surface area contributed by atoms with Crippen molar-refractivity contribution in [2.45, 2.75) is 39.7 Å². The molecule has 1 amide bonds. The van der Waals surface area contributed by atoms with Crippen LogP contribution in [0.25, 0.3) is 0 Å². The van der Waals surface area contributed by atoms with Crippen LogP contribution in [0.3, 0.4) is 0 Å². The standard InChI is InChI=1S/C17H26FN3O2/c1-12-10-15(14(19)11-13(12)18)20-6-5-7-21(9-8-20)16(22)23-17(2,3)4/h10-11H,5-9,19H2,1-4H3. The molecule has 0 spiro atoms. The van der Waals surface area contributed by atoms with Gasteiger partial charge in [0, 0.05) is 26.2 Å². The third-order valence-corrected chi connectivity index (χ3v) is 3.80. The first-order chi connectivity index (χ1) is 10.7. The second kappa shape index (κ2) is 6.64. The van der Waals surface area contributed by atoms with Crippen molar-refractivity contribution in [2.75, 3.05) is 36.8 Å². The number of amides is 1. The summed E-state index contributed by atoms with van der Waals surface area (Å²) in [7, 11) is 0. The summed E-state index contributed by atoms with van der Waals surface area (Å²) in [6, 6.07) is 3.13. The second-order valence-electron chi connectivity index (χ2n) is 6.97. The first kappa shape index (κ1) is 17.4. The molecule has 0 aliphatic carbocycles. The topological polar surface area (TPSA) is 58.8 Å². The molecule has 23 heavy (non-hydrogen) atoms. The molecule has 1 aliphatic heterocycles. The van der Waals surface area contributed by atoms with E-state index in [4.69, 9.17) is 10.5 Å². The molecule has 2 rings (SSSR count). The third-order valence-electron chi connectivity index (χ3n) is 3.80. The number of nitrogen functional groups attached to an aromatic ring is 1. The Labute approximate surface area is 137 Å². The Morgan fingerprint density at radius 3 is 2.57 bits per heavy atom. The van der Waals surface area contributed by atoms with Crippen LogP contribution in [-0.2, 0) is 4.74 Å². The number of halogens is 1. The van der Waals surface area contributed by atoms with Gasteiger partial charge in [-0.2, -0.15) is 0 Å². The van der Waals surface area contributed by atoms with E-state index < -0.39 is 5.60 Å². The van der Waals surface area contributed by atoms with E-state index in [0.717, 1.165) is 18.7 Å². The number of nitrogens with zero attached hydrogens (tertiary/aromatic N) is 2. The Morgan fingerprint density at radius 2 is 1.91 bits per heavy atom. The zero-order valence-electron chi connectivity index (χ0n) is 14.4. The molecule has 1 fully saturated rings. The SMILES string of the molecule is Cc1cc(N2CCCN(C(=O)OC(C)(C)C)CC2)c(N)cc1F. The molecule has 0 atom stereocenters. The maximum absolute atomic E-state index is 13.6. The number of carbonyl (C=O) groups excluding carboxylic acids is 1. The summed E-state index contributed by atoms with van der Waals surface area (Å²) in [6.45, 7) is 9.92. The minimum atomic E-state index is -0.498. The van der Waals surface area contributed by atoms with Crippen LogP contribution in [0.1, 0.15) is 32.8 Å². The van der Waals surface area contributed by atoms with Crippen LogP contribution >= 0.6 is 0 Å². The lowest BCUT2D eigenvalue weighted by molar-refractivity contribution is 0.0263. The van der Waals surface area contributed by atoms with Gasteiger partial charge in [0.25, 0.3) is 0 Å². The van der Waals surface area contributed by atoms with Gasteiger partial charge in [0.05, 0.1) is 11.4 Å². The van der Waals surface area contributed by atoms with Crippen molar-refractivity contribution in [1.29, 1.82) is 0 Å². The molecular weight excluding hydrogens is 297 g/mol. The first-order valence-electron chi connectivity index (χ1n) is 7.96. The van der Waals surface area contributed by atoms with Crippen LogP contribution in [-0.4, -0.2) is 42.8 Å². The molecule has 1 heterocycles. The number of aryl methyl sites for hydroxylation is 1. The van der Waals surface area contributed by atoms with Gasteiger partial charge < -0.3 is 20.3 Å². The molecular formula is C17H26FN3O2. The number of rotatable bonds is 1. The summed E-state index contributed by atoms with van der Waals surface area (Å²) in [6.07, 6.45) is 0.525. The Bertz CT molecular complexity index is 584. The van der Waals surface area contributed by atoms with Gasteiger partial charge >= 0.3 is 6.09 Å². The van der Waals surface area contributed by atoms with Gasteiger partial charge in [0.2, 0.25) is 0 Å². The van der Waals surface area contributed by atoms with E-state index in [9.17, 15) is 9.18 Å². The summed E-state index contributed by atoms with van der Waals surface area (Å²) >= 11 is 0. The maximum atomic E-state index is 13.6. The summed E-state index contributed by atoms with van der Waals surface area (Å²) in [5.74, 6) is -0.295. The van der Waals surface area contributed by atoms with Crippen molar-refractivity contribution < 1.29 is 13.9 Å². The molecule has 1 aliphatic rings. The van der Waals surface area contributed by atoms with E-state index in [2.05, 4.69) is 4.90 Å². The summed E-state index contributed by atoms with van der Waals surface area (Å²) < 4.78 is 19.0. The van der Waals surface area contributed by atoms with Gasteiger partial charge in [0.15, 0.2) is 0 Å². The highest BCUT2D eigenvalue weighted by atomic mass is 19.1. The molecule has 2 N–H and O–H groups in total. The van der Waals surface area contributed by atoms with Crippen LogP contribution in [0.5, 0.6) is 0 Å². The zero-order chi connectivity index (χ0) is 17.2. The number of hydrogen-bond acceptors (Lipinski definition) is 4. The Balaban J connectivity index is 2.07. The average molecular weight is 323 g/mol. The van der Waals surface area contributed by atoms with Crippen LogP contribution in [0, 0.1) is 12.7 Å². The lowest BCUT2D eigenvalue weighted by Gasteiger charge is -2.27. The van der Waals surface area contributed by atoms with Crippen molar-refractivity contribution in [3.05, 3.63) is 23.5 Å². The van der Waals surface area contributed by atoms with Gasteiger partial charge in [-0.1, -0.05) is 0 Å². The molecule has 0 saturated carbocycles. The minimum Gasteiger partial charge on any atom is -0.444 e. The summed E-state index contributed by atoms with van der Waals surface area (Å²) in [5.41, 5.74) is 7.29. The third kappa shape index (κ3) is 4.50. The van der Waals surface area contributed by atoms with Crippen molar-refractivity contribution in [3.8, 4) is 0 Å². The lowest BCUT2D eigenvalue weighted by atomic mass is 10.1. The first-order valence-corrected chi connectivity index (χ1v) is 7.96. The van der Waals surface area contributed by atoms with Crippen molar-refractivity contribution in [3.63, 3.8) is 0 Å². The molecule has 0 bridgehead atoms. The number of hydrogen-bond donors (Lipinski definition) is 1. The van der Waals surface area contributed by atoms with Gasteiger partial charge in [-0.05, 0) is 51.8 Å². The number of carbonyl (C=O) groups is 1. The number of nitrogens with two attached hydrogens (primary N) is 1. The number of ether oxygens (including phenoxy) is 1. The van der Waals surface area contributed by atoms with Crippen LogP contribution in [0.2, 0.25) is 0 Å². The van der Waals surface area contributed by atoms with E-state index in [1.54, 1.807) is 17.9 Å². The van der Waals surface area contributed by atoms with Crippen LogP contribution < -0.4 is 10.6 Å². The van der Waals surface area contributed by atoms with Crippen molar-refractivity contribution in [2.24, 2.45) is 0 Å². The highest BCUT2D eigenvalue weighted by Gasteiger charge is 2.25. The lowest BCUT2D eigenvalue weighted by Crippen LogP contribution is -2.39. The second-order valence-corrected chi connectivity index (χ2v) is 6.97. The average Bonchev–Trinajstić information content (AvgIpc) is 2.67. The van der Waals surface area contributed by atoms with E-state index >= 15 is 0 Å². The molecule has 1 saturated heterocycles. The highest BCUT2D eigenvalue weighted by molar-refractivity contribution is 5.70. The van der Waals surface area contributed by atoms with Crippen molar-refractivity contribution in [1.82, 2.24) is 4.90 Å². The van der Waals surface area contributed by atoms with Crippen LogP contribution in [0.4, 0.5) is 20.6 Å². The number of benzene rings is 1. The highest BCUT2D eigenvalue weighted by Crippen LogP contribution is 2.27. The van der Waals surface area contributed by atoms with E-state index in [0.29, 0.717) is 30.9 Å². The van der Waals surface area contributed by atoms with Gasteiger partial charge in [-0.25, -0.2) is 9.18 Å². The van der Waals surface area contributed by atoms with Gasteiger partial charge in [-0.3, -0.25) is 0 Å². The van der Waals surface area contributed by atoms with Crippen molar-refractivity contribution >= 4 is 17.5 Å². The molecule has 6 heteroatoms. The van der Waals surface area contributed by atoms with E-state index in [1.165, 1.54) is 6.07 Å². The molecule has 0 radical (unpaired) electrons. The fourth-order valence-electron chi connectivity index (χ4n) is 2.62. The van der Waals surface area contributed by atoms with Gasteiger partial charge in [-0.15, -0.1) is 0 Å². The Hall–Kier alpha value is -1.98. The molecule has 128 valence electrons. The van der Waals surface area contributed by atoms with Gasteiger partial charge in [0.1, 0.15) is 11.4 Å². The summed E-state index contributed by atoms with van der Waals surface area (Å²) in [5, 5.41) is 0. The molecule has 0 aromatic heterocycles. The molecule has 0 unspecified atom stereocenters. The smallest absolute Gasteiger partial charge is 0.410 e. The summed E-state index contributed by atoms with van der Waals surface area (Å²) in [4.78, 5) is 16.0.